The van der Waals surface area contributed by atoms with Gasteiger partial charge < -0.3 is 10.1 Å². The van der Waals surface area contributed by atoms with Crippen molar-refractivity contribution >= 4 is 23.2 Å². The number of carbonyl (C=O) groups is 1. The van der Waals surface area contributed by atoms with E-state index in [4.69, 9.17) is 21.6 Å². The molecule has 1 aliphatic rings. The van der Waals surface area contributed by atoms with Crippen molar-refractivity contribution in [2.24, 2.45) is 5.41 Å². The molecule has 1 N–H and O–H groups in total. The van der Waals surface area contributed by atoms with Crippen molar-refractivity contribution in [3.8, 4) is 6.07 Å². The van der Waals surface area contributed by atoms with E-state index in [-0.39, 0.29) is 23.9 Å². The molecule has 0 aliphatic carbocycles. The van der Waals surface area contributed by atoms with Gasteiger partial charge in [0, 0.05) is 0 Å². The largest absolute Gasteiger partial charge is 0.377 e. The fraction of sp³-hybridized carbons (Fsp3) is 0.333. The first-order valence-corrected chi connectivity index (χ1v) is 5.62. The highest BCUT2D eigenvalue weighted by Gasteiger charge is 2.46. The van der Waals surface area contributed by atoms with Gasteiger partial charge in [-0.15, -0.1) is 0 Å². The molecule has 0 unspecified atom stereocenters. The molecule has 1 aromatic carbocycles. The molecule has 6 heteroatoms. The first-order chi connectivity index (χ1) is 8.48. The van der Waals surface area contributed by atoms with E-state index in [1.165, 1.54) is 6.07 Å². The van der Waals surface area contributed by atoms with Gasteiger partial charge in [0.25, 0.3) is 0 Å². The number of hydrogen-bond donors (Lipinski definition) is 1. The maximum Gasteiger partial charge on any atom is 0.249 e. The number of ether oxygens (including phenoxy) is 1. The second-order valence-electron chi connectivity index (χ2n) is 4.22. The lowest BCUT2D eigenvalue weighted by Gasteiger charge is -2.33. The standard InChI is InChI=1S/C12H10ClFN2O2/c1-7-2-8(13)10(3-9(7)14)16-11(17)12(4-15)5-18-6-12/h2-3H,5-6H2,1H3,(H,16,17). The van der Waals surface area contributed by atoms with Gasteiger partial charge in [-0.2, -0.15) is 5.26 Å². The normalized spacial score (nSPS) is 16.6. The number of hydrogen-bond acceptors (Lipinski definition) is 3. The molecule has 0 aromatic heterocycles. The Labute approximate surface area is 108 Å². The van der Waals surface area contributed by atoms with Gasteiger partial charge in [-0.25, -0.2) is 4.39 Å². The van der Waals surface area contributed by atoms with Crippen LogP contribution in [0.4, 0.5) is 10.1 Å². The van der Waals surface area contributed by atoms with Gasteiger partial charge in [0.2, 0.25) is 5.91 Å². The Morgan fingerprint density at radius 3 is 2.78 bits per heavy atom. The lowest BCUT2D eigenvalue weighted by atomic mass is 9.87. The molecule has 1 aliphatic heterocycles. The SMILES string of the molecule is Cc1cc(Cl)c(NC(=O)C2(C#N)COC2)cc1F. The monoisotopic (exact) mass is 268 g/mol. The molecule has 1 heterocycles. The Bertz CT molecular complexity index is 550. The van der Waals surface area contributed by atoms with Crippen LogP contribution >= 0.6 is 11.6 Å². The maximum atomic E-state index is 13.4. The van der Waals surface area contributed by atoms with Gasteiger partial charge in [0.15, 0.2) is 5.41 Å². The molecule has 0 saturated carbocycles. The molecule has 0 spiro atoms. The van der Waals surface area contributed by atoms with Crippen molar-refractivity contribution in [2.75, 3.05) is 18.5 Å². The Morgan fingerprint density at radius 2 is 2.28 bits per heavy atom. The van der Waals surface area contributed by atoms with Gasteiger partial charge in [0.1, 0.15) is 5.82 Å². The Hall–Kier alpha value is -1.64. The third kappa shape index (κ3) is 2.05. The van der Waals surface area contributed by atoms with Crippen LogP contribution < -0.4 is 5.32 Å². The number of nitrogens with zero attached hydrogens (tertiary/aromatic N) is 1. The van der Waals surface area contributed by atoms with Crippen LogP contribution in [0.5, 0.6) is 0 Å². The summed E-state index contributed by atoms with van der Waals surface area (Å²) in [7, 11) is 0. The minimum Gasteiger partial charge on any atom is -0.377 e. The average Bonchev–Trinajstić information content (AvgIpc) is 2.25. The molecule has 1 fully saturated rings. The summed E-state index contributed by atoms with van der Waals surface area (Å²) in [4.78, 5) is 11.9. The molecule has 94 valence electrons. The molecule has 2 rings (SSSR count). The van der Waals surface area contributed by atoms with Crippen molar-refractivity contribution < 1.29 is 13.9 Å². The number of benzene rings is 1. The minimum atomic E-state index is -1.19. The van der Waals surface area contributed by atoms with Crippen LogP contribution in [0.2, 0.25) is 5.02 Å². The number of nitrogens with one attached hydrogen (secondary N) is 1. The Kier molecular flexibility index (Phi) is 3.24. The summed E-state index contributed by atoms with van der Waals surface area (Å²) in [5, 5.41) is 11.6. The van der Waals surface area contributed by atoms with Crippen molar-refractivity contribution in [2.45, 2.75) is 6.92 Å². The van der Waals surface area contributed by atoms with E-state index in [9.17, 15) is 9.18 Å². The van der Waals surface area contributed by atoms with Crippen molar-refractivity contribution in [1.29, 1.82) is 5.26 Å². The third-order valence-electron chi connectivity index (χ3n) is 2.84. The van der Waals surface area contributed by atoms with Crippen LogP contribution in [0.1, 0.15) is 5.56 Å². The summed E-state index contributed by atoms with van der Waals surface area (Å²) >= 11 is 5.90. The van der Waals surface area contributed by atoms with Crippen LogP contribution in [0.15, 0.2) is 12.1 Å². The first kappa shape index (κ1) is 12.8. The fourth-order valence-corrected chi connectivity index (χ4v) is 1.80. The lowest BCUT2D eigenvalue weighted by Crippen LogP contribution is -2.50. The minimum absolute atomic E-state index is 0.0430. The molecule has 1 aromatic rings. The number of carbonyl (C=O) groups excluding carboxylic acids is 1. The molecule has 0 atom stereocenters. The number of halogens is 2. The van der Waals surface area contributed by atoms with Crippen molar-refractivity contribution in [3.63, 3.8) is 0 Å². The number of rotatable bonds is 2. The van der Waals surface area contributed by atoms with Crippen molar-refractivity contribution in [3.05, 3.63) is 28.5 Å². The van der Waals surface area contributed by atoms with Gasteiger partial charge in [0.05, 0.1) is 30.0 Å². The lowest BCUT2D eigenvalue weighted by molar-refractivity contribution is -0.144. The highest BCUT2D eigenvalue weighted by Crippen LogP contribution is 2.31. The summed E-state index contributed by atoms with van der Waals surface area (Å²) < 4.78 is 18.3. The highest BCUT2D eigenvalue weighted by atomic mass is 35.5. The molecule has 0 bridgehead atoms. The zero-order valence-electron chi connectivity index (χ0n) is 9.59. The summed E-state index contributed by atoms with van der Waals surface area (Å²) in [6.45, 7) is 1.66. The molecule has 4 nitrogen and oxygen atoms in total. The zero-order valence-corrected chi connectivity index (χ0v) is 10.3. The Morgan fingerprint density at radius 1 is 1.61 bits per heavy atom. The number of aryl methyl sites for hydroxylation is 1. The van der Waals surface area contributed by atoms with Crippen LogP contribution in [0, 0.1) is 29.5 Å². The quantitative estimate of drug-likeness (QED) is 0.895. The van der Waals surface area contributed by atoms with Gasteiger partial charge in [-0.1, -0.05) is 11.6 Å². The molecular weight excluding hydrogens is 259 g/mol. The van der Waals surface area contributed by atoms with E-state index >= 15 is 0 Å². The average molecular weight is 269 g/mol. The van der Waals surface area contributed by atoms with E-state index in [0.29, 0.717) is 5.56 Å². The fourth-order valence-electron chi connectivity index (χ4n) is 1.54. The first-order valence-electron chi connectivity index (χ1n) is 5.24. The number of amides is 1. The van der Waals surface area contributed by atoms with Crippen molar-refractivity contribution in [1.82, 2.24) is 0 Å². The van der Waals surface area contributed by atoms with E-state index in [1.807, 2.05) is 6.07 Å². The van der Waals surface area contributed by atoms with E-state index < -0.39 is 17.1 Å². The Balaban J connectivity index is 2.22. The number of anilines is 1. The second-order valence-corrected chi connectivity index (χ2v) is 4.63. The smallest absolute Gasteiger partial charge is 0.249 e. The third-order valence-corrected chi connectivity index (χ3v) is 3.15. The van der Waals surface area contributed by atoms with Crippen LogP contribution in [-0.4, -0.2) is 19.1 Å². The molecule has 18 heavy (non-hydrogen) atoms. The summed E-state index contributed by atoms with van der Waals surface area (Å²) in [6.07, 6.45) is 0. The number of nitriles is 1. The predicted octanol–water partition coefficient (Wildman–Crippen LogP) is 2.27. The van der Waals surface area contributed by atoms with Gasteiger partial charge in [-0.3, -0.25) is 4.79 Å². The maximum absolute atomic E-state index is 13.4. The molecule has 0 radical (unpaired) electrons. The van der Waals surface area contributed by atoms with Crippen LogP contribution in [0.25, 0.3) is 0 Å². The highest BCUT2D eigenvalue weighted by molar-refractivity contribution is 6.33. The summed E-state index contributed by atoms with van der Waals surface area (Å²) in [5.41, 5.74) is -0.642. The van der Waals surface area contributed by atoms with E-state index in [2.05, 4.69) is 5.32 Å². The summed E-state index contributed by atoms with van der Waals surface area (Å²) in [6, 6.07) is 4.47. The van der Waals surface area contributed by atoms with Gasteiger partial charge in [-0.05, 0) is 24.6 Å². The predicted molar refractivity (Wildman–Crippen MR) is 63.6 cm³/mol. The topological polar surface area (TPSA) is 62.1 Å². The van der Waals surface area contributed by atoms with Crippen LogP contribution in [-0.2, 0) is 9.53 Å². The molecular formula is C12H10ClFN2O2. The second kappa shape index (κ2) is 4.56. The van der Waals surface area contributed by atoms with Crippen LogP contribution in [0.3, 0.4) is 0 Å². The van der Waals surface area contributed by atoms with E-state index in [1.54, 1.807) is 6.92 Å². The zero-order chi connectivity index (χ0) is 13.3. The summed E-state index contributed by atoms with van der Waals surface area (Å²) in [5.74, 6) is -0.994. The molecule has 1 amide bonds. The van der Waals surface area contributed by atoms with Gasteiger partial charge >= 0.3 is 0 Å². The van der Waals surface area contributed by atoms with E-state index in [0.717, 1.165) is 6.07 Å². The molecule has 1 saturated heterocycles.